The third-order valence-corrected chi connectivity index (χ3v) is 5.05. The zero-order chi connectivity index (χ0) is 20.0. The van der Waals surface area contributed by atoms with Gasteiger partial charge in [0.15, 0.2) is 0 Å². The molecule has 1 atom stereocenters. The summed E-state index contributed by atoms with van der Waals surface area (Å²) in [4.78, 5) is 25.2. The topological polar surface area (TPSA) is 75.5 Å². The number of hydrogen-bond donors (Lipinski definition) is 1. The Morgan fingerprint density at radius 1 is 1.15 bits per heavy atom. The summed E-state index contributed by atoms with van der Waals surface area (Å²) in [6.07, 6.45) is 0. The Balaban J connectivity index is 2.24. The number of hydrogen-bond acceptors (Lipinski definition) is 4. The van der Waals surface area contributed by atoms with Crippen molar-refractivity contribution < 1.29 is 9.72 Å². The van der Waals surface area contributed by atoms with E-state index in [0.29, 0.717) is 11.6 Å². The molecule has 0 aliphatic heterocycles. The molecule has 27 heavy (non-hydrogen) atoms. The normalized spacial score (nSPS) is 12.0. The molecule has 0 aliphatic carbocycles. The minimum atomic E-state index is -0.560. The van der Waals surface area contributed by atoms with Crippen molar-refractivity contribution in [3.63, 3.8) is 0 Å². The van der Waals surface area contributed by atoms with Crippen molar-refractivity contribution in [3.05, 3.63) is 73.8 Å². The van der Waals surface area contributed by atoms with Gasteiger partial charge >= 0.3 is 0 Å². The van der Waals surface area contributed by atoms with Gasteiger partial charge in [-0.25, -0.2) is 0 Å². The average molecular weight is 410 g/mol. The van der Waals surface area contributed by atoms with E-state index < -0.39 is 10.8 Å². The van der Waals surface area contributed by atoms with E-state index in [0.717, 1.165) is 18.7 Å². The Labute approximate surface area is 168 Å². The second kappa shape index (κ2) is 9.69. The van der Waals surface area contributed by atoms with Crippen molar-refractivity contribution in [2.75, 3.05) is 19.6 Å². The highest BCUT2D eigenvalue weighted by molar-refractivity contribution is 6.34. The van der Waals surface area contributed by atoms with Crippen LogP contribution in [-0.4, -0.2) is 35.4 Å². The molecule has 0 saturated carbocycles. The van der Waals surface area contributed by atoms with Crippen molar-refractivity contribution in [1.29, 1.82) is 0 Å². The van der Waals surface area contributed by atoms with E-state index in [9.17, 15) is 14.9 Å². The summed E-state index contributed by atoms with van der Waals surface area (Å²) in [5.41, 5.74) is 0.799. The minimum Gasteiger partial charge on any atom is -0.350 e. The highest BCUT2D eigenvalue weighted by Gasteiger charge is 2.22. The first-order chi connectivity index (χ1) is 12.9. The largest absolute Gasteiger partial charge is 0.350 e. The maximum atomic E-state index is 12.6. The number of amides is 1. The van der Waals surface area contributed by atoms with E-state index in [-0.39, 0.29) is 22.3 Å². The van der Waals surface area contributed by atoms with Crippen LogP contribution in [0, 0.1) is 10.1 Å². The van der Waals surface area contributed by atoms with Crippen LogP contribution in [0.25, 0.3) is 0 Å². The molecule has 0 aliphatic rings. The first-order valence-corrected chi connectivity index (χ1v) is 9.35. The van der Waals surface area contributed by atoms with Gasteiger partial charge in [-0.3, -0.25) is 19.8 Å². The van der Waals surface area contributed by atoms with Crippen LogP contribution in [0.1, 0.15) is 35.8 Å². The van der Waals surface area contributed by atoms with Crippen molar-refractivity contribution in [1.82, 2.24) is 10.2 Å². The van der Waals surface area contributed by atoms with Gasteiger partial charge in [-0.05, 0) is 30.8 Å². The molecule has 0 bridgehead atoms. The number of nitro groups is 1. The first-order valence-electron chi connectivity index (χ1n) is 8.59. The van der Waals surface area contributed by atoms with E-state index >= 15 is 0 Å². The van der Waals surface area contributed by atoms with Crippen molar-refractivity contribution in [2.45, 2.75) is 19.9 Å². The van der Waals surface area contributed by atoms with Crippen molar-refractivity contribution in [3.8, 4) is 0 Å². The van der Waals surface area contributed by atoms with E-state index in [1.165, 1.54) is 18.2 Å². The molecule has 1 amide bonds. The molecule has 2 aromatic carbocycles. The van der Waals surface area contributed by atoms with Crippen LogP contribution in [0.5, 0.6) is 0 Å². The molecule has 1 N–H and O–H groups in total. The maximum Gasteiger partial charge on any atom is 0.270 e. The predicted octanol–water partition coefficient (Wildman–Crippen LogP) is 4.71. The quantitative estimate of drug-likeness (QED) is 0.505. The summed E-state index contributed by atoms with van der Waals surface area (Å²) in [6, 6.07) is 11.2. The summed E-state index contributed by atoms with van der Waals surface area (Å²) in [5.74, 6) is -0.465. The molecule has 0 saturated heterocycles. The summed E-state index contributed by atoms with van der Waals surface area (Å²) >= 11 is 12.4. The van der Waals surface area contributed by atoms with Crippen LogP contribution in [0.3, 0.4) is 0 Å². The van der Waals surface area contributed by atoms with Crippen LogP contribution in [0.4, 0.5) is 5.69 Å². The lowest BCUT2D eigenvalue weighted by Crippen LogP contribution is -2.38. The van der Waals surface area contributed by atoms with Gasteiger partial charge in [0.05, 0.1) is 21.6 Å². The zero-order valence-corrected chi connectivity index (χ0v) is 16.6. The summed E-state index contributed by atoms with van der Waals surface area (Å²) < 4.78 is 0. The summed E-state index contributed by atoms with van der Waals surface area (Å²) in [6.45, 7) is 5.92. The Kier molecular flexibility index (Phi) is 7.59. The van der Waals surface area contributed by atoms with Crippen LogP contribution < -0.4 is 5.32 Å². The van der Waals surface area contributed by atoms with Crippen LogP contribution >= 0.6 is 23.2 Å². The molecule has 2 aromatic rings. The highest BCUT2D eigenvalue weighted by Crippen LogP contribution is 2.27. The van der Waals surface area contributed by atoms with Gasteiger partial charge in [-0.15, -0.1) is 0 Å². The van der Waals surface area contributed by atoms with E-state index in [4.69, 9.17) is 23.2 Å². The number of nitro benzene ring substituents is 1. The minimum absolute atomic E-state index is 0.0725. The van der Waals surface area contributed by atoms with Gasteiger partial charge < -0.3 is 5.32 Å². The molecule has 0 spiro atoms. The second-order valence-corrected chi connectivity index (χ2v) is 6.70. The molecule has 8 heteroatoms. The van der Waals surface area contributed by atoms with E-state index in [1.54, 1.807) is 0 Å². The maximum absolute atomic E-state index is 12.6. The summed E-state index contributed by atoms with van der Waals surface area (Å²) in [5, 5.41) is 14.6. The zero-order valence-electron chi connectivity index (χ0n) is 15.1. The lowest BCUT2D eigenvalue weighted by molar-refractivity contribution is -0.384. The van der Waals surface area contributed by atoms with Gasteiger partial charge in [0, 0.05) is 23.7 Å². The highest BCUT2D eigenvalue weighted by atomic mass is 35.5. The Morgan fingerprint density at radius 2 is 1.81 bits per heavy atom. The number of carbonyl (C=O) groups excluding carboxylic acids is 1. The Hall–Kier alpha value is -2.15. The fourth-order valence-electron chi connectivity index (χ4n) is 2.93. The predicted molar refractivity (Wildman–Crippen MR) is 108 cm³/mol. The number of non-ortho nitro benzene ring substituents is 1. The second-order valence-electron chi connectivity index (χ2n) is 5.89. The molecule has 2 rings (SSSR count). The number of nitrogens with one attached hydrogen (secondary N) is 1. The molecule has 0 heterocycles. The fourth-order valence-corrected chi connectivity index (χ4v) is 3.40. The Bertz CT molecular complexity index is 826. The van der Waals surface area contributed by atoms with Gasteiger partial charge in [0.25, 0.3) is 11.6 Å². The number of halogens is 2. The number of likely N-dealkylation sites (N-methyl/N-ethyl adjacent to an activating group) is 1. The summed E-state index contributed by atoms with van der Waals surface area (Å²) in [7, 11) is 0. The standard InChI is InChI=1S/C19H21Cl2N3O3/c1-3-23(4-2)18(14-7-5-6-8-16(14)20)12-22-19(25)15-11-13(24(26)27)9-10-17(15)21/h5-11,18H,3-4,12H2,1-2H3,(H,22,25). The molecule has 6 nitrogen and oxygen atoms in total. The van der Waals surface area contributed by atoms with Gasteiger partial charge in [0.1, 0.15) is 0 Å². The third-order valence-electron chi connectivity index (χ3n) is 4.38. The molecular weight excluding hydrogens is 389 g/mol. The first kappa shape index (κ1) is 21.2. The van der Waals surface area contributed by atoms with E-state index in [1.807, 2.05) is 38.1 Å². The molecule has 1 unspecified atom stereocenters. The molecule has 144 valence electrons. The Morgan fingerprint density at radius 3 is 2.41 bits per heavy atom. The van der Waals surface area contributed by atoms with E-state index in [2.05, 4.69) is 10.2 Å². The van der Waals surface area contributed by atoms with Gasteiger partial charge in [0.2, 0.25) is 0 Å². The third kappa shape index (κ3) is 5.19. The monoisotopic (exact) mass is 409 g/mol. The van der Waals surface area contributed by atoms with Crippen molar-refractivity contribution in [2.24, 2.45) is 0 Å². The molecule has 0 fully saturated rings. The number of nitrogens with zero attached hydrogens (tertiary/aromatic N) is 2. The fraction of sp³-hybridized carbons (Fsp3) is 0.316. The van der Waals surface area contributed by atoms with Gasteiger partial charge in [-0.2, -0.15) is 0 Å². The molecule has 0 radical (unpaired) electrons. The van der Waals surface area contributed by atoms with Crippen LogP contribution in [0.15, 0.2) is 42.5 Å². The average Bonchev–Trinajstić information content (AvgIpc) is 2.65. The number of rotatable bonds is 8. The lowest BCUT2D eigenvalue weighted by Gasteiger charge is -2.31. The molecule has 0 aromatic heterocycles. The van der Waals surface area contributed by atoms with Crippen LogP contribution in [0.2, 0.25) is 10.0 Å². The smallest absolute Gasteiger partial charge is 0.270 e. The molecular formula is C19H21Cl2N3O3. The lowest BCUT2D eigenvalue weighted by atomic mass is 10.0. The van der Waals surface area contributed by atoms with Gasteiger partial charge in [-0.1, -0.05) is 55.2 Å². The van der Waals surface area contributed by atoms with Crippen LogP contribution in [-0.2, 0) is 0 Å². The number of benzene rings is 2. The number of carbonyl (C=O) groups is 1. The van der Waals surface area contributed by atoms with Crippen molar-refractivity contribution >= 4 is 34.8 Å². The SMILES string of the molecule is CCN(CC)C(CNC(=O)c1cc([N+](=O)[O-])ccc1Cl)c1ccccc1Cl.